The van der Waals surface area contributed by atoms with Crippen LogP contribution in [0.25, 0.3) is 11.1 Å². The third-order valence-electron chi connectivity index (χ3n) is 4.81. The highest BCUT2D eigenvalue weighted by molar-refractivity contribution is 5.94. The number of halogens is 2. The number of nitrogens with one attached hydrogen (secondary N) is 1. The summed E-state index contributed by atoms with van der Waals surface area (Å²) in [5, 5.41) is 3.12. The van der Waals surface area contributed by atoms with Gasteiger partial charge in [-0.15, -0.1) is 24.8 Å². The van der Waals surface area contributed by atoms with Gasteiger partial charge in [-0.25, -0.2) is 0 Å². The van der Waals surface area contributed by atoms with Gasteiger partial charge in [0, 0.05) is 24.0 Å². The predicted molar refractivity (Wildman–Crippen MR) is 107 cm³/mol. The van der Waals surface area contributed by atoms with E-state index in [9.17, 15) is 4.79 Å². The summed E-state index contributed by atoms with van der Waals surface area (Å²) in [5.41, 5.74) is 9.92. The molecule has 1 amide bonds. The zero-order valence-corrected chi connectivity index (χ0v) is 15.9. The fraction of sp³-hybridized carbons (Fsp3) is 0.368. The fourth-order valence-electron chi connectivity index (χ4n) is 3.37. The van der Waals surface area contributed by atoms with E-state index in [0.717, 1.165) is 41.6 Å². The quantitative estimate of drug-likeness (QED) is 0.832. The molecule has 1 aromatic heterocycles. The van der Waals surface area contributed by atoms with Crippen molar-refractivity contribution in [1.82, 2.24) is 4.98 Å². The molecule has 1 aliphatic rings. The zero-order valence-electron chi connectivity index (χ0n) is 14.3. The number of nitrogens with zero attached hydrogens (tertiary/aromatic N) is 1. The Morgan fingerprint density at radius 2 is 1.88 bits per heavy atom. The summed E-state index contributed by atoms with van der Waals surface area (Å²) < 4.78 is 0. The highest BCUT2D eigenvalue weighted by atomic mass is 35.5. The predicted octanol–water partition coefficient (Wildman–Crippen LogP) is 4.21. The van der Waals surface area contributed by atoms with Gasteiger partial charge in [-0.1, -0.05) is 18.6 Å². The molecule has 0 unspecified atom stereocenters. The van der Waals surface area contributed by atoms with Gasteiger partial charge in [0.2, 0.25) is 5.91 Å². The van der Waals surface area contributed by atoms with Crippen LogP contribution in [0.5, 0.6) is 0 Å². The first-order valence-electron chi connectivity index (χ1n) is 8.21. The first-order valence-corrected chi connectivity index (χ1v) is 8.21. The summed E-state index contributed by atoms with van der Waals surface area (Å²) in [6, 6.07) is 10.1. The van der Waals surface area contributed by atoms with Gasteiger partial charge in [0.05, 0.1) is 0 Å². The van der Waals surface area contributed by atoms with Gasteiger partial charge < -0.3 is 11.1 Å². The highest BCUT2D eigenvalue weighted by Crippen LogP contribution is 2.33. The molecule has 0 bridgehead atoms. The van der Waals surface area contributed by atoms with E-state index in [-0.39, 0.29) is 36.6 Å². The molecular formula is C19H25Cl2N3O. The van der Waals surface area contributed by atoms with Gasteiger partial charge in [0.15, 0.2) is 0 Å². The summed E-state index contributed by atoms with van der Waals surface area (Å²) >= 11 is 0. The number of carbonyl (C=O) groups is 1. The summed E-state index contributed by atoms with van der Waals surface area (Å²) in [7, 11) is 0. The summed E-state index contributed by atoms with van der Waals surface area (Å²) in [4.78, 5) is 16.7. The lowest BCUT2D eigenvalue weighted by Crippen LogP contribution is -2.29. The number of hydrogen-bond acceptors (Lipinski definition) is 3. The lowest BCUT2D eigenvalue weighted by molar-refractivity contribution is -0.120. The van der Waals surface area contributed by atoms with Crippen molar-refractivity contribution in [3.8, 4) is 11.1 Å². The van der Waals surface area contributed by atoms with Crippen LogP contribution in [0.1, 0.15) is 24.8 Å². The minimum atomic E-state index is 0. The van der Waals surface area contributed by atoms with E-state index in [1.165, 1.54) is 0 Å². The number of aromatic nitrogens is 1. The first-order chi connectivity index (χ1) is 11.2. The standard InChI is InChI=1S/C19H23N3O.2ClH/c1-13-5-6-15(14-7-9-21-10-8-14)11-18(13)22-19(23)17-4-2-3-16(17)12-20;;/h5-11,16-17H,2-4,12,20H2,1H3,(H,22,23);2*1H/t16-,17-;;/m1../s1. The van der Waals surface area contributed by atoms with Crippen molar-refractivity contribution in [3.05, 3.63) is 48.3 Å². The van der Waals surface area contributed by atoms with Crippen LogP contribution >= 0.6 is 24.8 Å². The van der Waals surface area contributed by atoms with Crippen LogP contribution < -0.4 is 11.1 Å². The van der Waals surface area contributed by atoms with Crippen molar-refractivity contribution in [2.24, 2.45) is 17.6 Å². The van der Waals surface area contributed by atoms with Gasteiger partial charge in [-0.2, -0.15) is 0 Å². The van der Waals surface area contributed by atoms with Crippen molar-refractivity contribution in [1.29, 1.82) is 0 Å². The highest BCUT2D eigenvalue weighted by Gasteiger charge is 2.32. The molecule has 0 saturated heterocycles. The molecular weight excluding hydrogens is 357 g/mol. The van der Waals surface area contributed by atoms with E-state index in [2.05, 4.69) is 16.4 Å². The molecule has 3 rings (SSSR count). The van der Waals surface area contributed by atoms with Crippen LogP contribution in [-0.4, -0.2) is 17.4 Å². The Balaban J connectivity index is 0.00000156. The molecule has 1 heterocycles. The van der Waals surface area contributed by atoms with Crippen LogP contribution in [0.3, 0.4) is 0 Å². The molecule has 3 N–H and O–H groups in total. The minimum absolute atomic E-state index is 0. The van der Waals surface area contributed by atoms with Crippen LogP contribution in [0.2, 0.25) is 0 Å². The number of rotatable bonds is 4. The van der Waals surface area contributed by atoms with Crippen LogP contribution in [0.4, 0.5) is 5.69 Å². The second kappa shape index (κ2) is 9.76. The lowest BCUT2D eigenvalue weighted by atomic mass is 9.95. The second-order valence-corrected chi connectivity index (χ2v) is 6.29. The van der Waals surface area contributed by atoms with E-state index < -0.39 is 0 Å². The van der Waals surface area contributed by atoms with Crippen LogP contribution in [0, 0.1) is 18.8 Å². The minimum Gasteiger partial charge on any atom is -0.330 e. The average Bonchev–Trinajstić information content (AvgIpc) is 3.06. The van der Waals surface area contributed by atoms with Crippen molar-refractivity contribution in [3.63, 3.8) is 0 Å². The Bertz CT molecular complexity index is 694. The normalized spacial score (nSPS) is 18.8. The Kier molecular flexibility index (Phi) is 8.36. The number of carbonyl (C=O) groups excluding carboxylic acids is 1. The topological polar surface area (TPSA) is 68.0 Å². The monoisotopic (exact) mass is 381 g/mol. The molecule has 136 valence electrons. The van der Waals surface area contributed by atoms with Gasteiger partial charge in [0.25, 0.3) is 0 Å². The van der Waals surface area contributed by atoms with Crippen molar-refractivity contribution < 1.29 is 4.79 Å². The number of anilines is 1. The molecule has 0 aliphatic heterocycles. The summed E-state index contributed by atoms with van der Waals surface area (Å²) in [6.07, 6.45) is 6.65. The Morgan fingerprint density at radius 1 is 1.16 bits per heavy atom. The molecule has 0 radical (unpaired) electrons. The lowest BCUT2D eigenvalue weighted by Gasteiger charge is -2.18. The van der Waals surface area contributed by atoms with Crippen molar-refractivity contribution >= 4 is 36.4 Å². The van der Waals surface area contributed by atoms with Crippen LogP contribution in [-0.2, 0) is 4.79 Å². The largest absolute Gasteiger partial charge is 0.330 e. The third-order valence-corrected chi connectivity index (χ3v) is 4.81. The average molecular weight is 382 g/mol. The number of amides is 1. The summed E-state index contributed by atoms with van der Waals surface area (Å²) in [6.45, 7) is 2.61. The molecule has 4 nitrogen and oxygen atoms in total. The van der Waals surface area contributed by atoms with Crippen molar-refractivity contribution in [2.75, 3.05) is 11.9 Å². The molecule has 1 aliphatic carbocycles. The first kappa shape index (κ1) is 21.4. The molecule has 2 aromatic rings. The maximum absolute atomic E-state index is 12.6. The van der Waals surface area contributed by atoms with Crippen LogP contribution in [0.15, 0.2) is 42.7 Å². The molecule has 0 spiro atoms. The maximum atomic E-state index is 12.6. The van der Waals surface area contributed by atoms with E-state index in [4.69, 9.17) is 5.73 Å². The molecule has 25 heavy (non-hydrogen) atoms. The zero-order chi connectivity index (χ0) is 16.2. The third kappa shape index (κ3) is 4.94. The SMILES string of the molecule is Cc1ccc(-c2ccncc2)cc1NC(=O)[C@@H]1CCC[C@@H]1CN.Cl.Cl. The molecule has 2 atom stereocenters. The number of nitrogens with two attached hydrogens (primary N) is 1. The smallest absolute Gasteiger partial charge is 0.227 e. The van der Waals surface area contributed by atoms with Gasteiger partial charge >= 0.3 is 0 Å². The van der Waals surface area contributed by atoms with Gasteiger partial charge in [-0.05, 0) is 67.1 Å². The van der Waals surface area contributed by atoms with E-state index in [1.54, 1.807) is 12.4 Å². The van der Waals surface area contributed by atoms with Crippen molar-refractivity contribution in [2.45, 2.75) is 26.2 Å². The molecule has 1 aromatic carbocycles. The summed E-state index contributed by atoms with van der Waals surface area (Å²) in [5.74, 6) is 0.468. The van der Waals surface area contributed by atoms with E-state index in [0.29, 0.717) is 12.5 Å². The molecule has 6 heteroatoms. The number of benzene rings is 1. The second-order valence-electron chi connectivity index (χ2n) is 6.29. The maximum Gasteiger partial charge on any atom is 0.227 e. The van der Waals surface area contributed by atoms with Gasteiger partial charge in [-0.3, -0.25) is 9.78 Å². The molecule has 1 saturated carbocycles. The number of hydrogen-bond donors (Lipinski definition) is 2. The Labute approximate surface area is 161 Å². The van der Waals surface area contributed by atoms with E-state index in [1.807, 2.05) is 31.2 Å². The number of aryl methyl sites for hydroxylation is 1. The molecule has 1 fully saturated rings. The van der Waals surface area contributed by atoms with Gasteiger partial charge in [0.1, 0.15) is 0 Å². The number of pyridine rings is 1. The van der Waals surface area contributed by atoms with E-state index >= 15 is 0 Å². The fourth-order valence-corrected chi connectivity index (χ4v) is 3.37. The Morgan fingerprint density at radius 3 is 2.56 bits per heavy atom. The Hall–Kier alpha value is -1.62.